The molecule has 0 radical (unpaired) electrons. The third kappa shape index (κ3) is 3.13. The van der Waals surface area contributed by atoms with Crippen molar-refractivity contribution in [1.29, 1.82) is 0 Å². The van der Waals surface area contributed by atoms with E-state index in [0.717, 1.165) is 12.1 Å². The number of hydrogen-bond acceptors (Lipinski definition) is 3. The van der Waals surface area contributed by atoms with E-state index in [1.165, 1.54) is 31.7 Å². The van der Waals surface area contributed by atoms with Crippen LogP contribution >= 0.6 is 0 Å². The highest BCUT2D eigenvalue weighted by atomic mass is 16.3. The van der Waals surface area contributed by atoms with Crippen molar-refractivity contribution in [3.05, 3.63) is 23.8 Å². The lowest BCUT2D eigenvalue weighted by Gasteiger charge is -2.15. The number of rotatable bonds is 6. The predicted molar refractivity (Wildman–Crippen MR) is 68.1 cm³/mol. The Kier molecular flexibility index (Phi) is 3.57. The van der Waals surface area contributed by atoms with E-state index in [9.17, 15) is 10.2 Å². The Morgan fingerprint density at radius 3 is 2.65 bits per heavy atom. The molecule has 94 valence electrons. The Labute approximate surface area is 102 Å². The van der Waals surface area contributed by atoms with Gasteiger partial charge in [0, 0.05) is 24.7 Å². The molecule has 0 amide bonds. The maximum atomic E-state index is 9.64. The van der Waals surface area contributed by atoms with Gasteiger partial charge < -0.3 is 15.5 Å². The average molecular weight is 235 g/mol. The molecule has 0 bridgehead atoms. The number of phenols is 2. The van der Waals surface area contributed by atoms with E-state index in [4.69, 9.17) is 0 Å². The van der Waals surface area contributed by atoms with E-state index in [1.54, 1.807) is 12.1 Å². The molecule has 1 saturated carbocycles. The summed E-state index contributed by atoms with van der Waals surface area (Å²) in [6.07, 6.45) is 5.19. The highest BCUT2D eigenvalue weighted by Crippen LogP contribution is 2.48. The lowest BCUT2D eigenvalue weighted by molar-refractivity contribution is 0.412. The molecule has 3 nitrogen and oxygen atoms in total. The summed E-state index contributed by atoms with van der Waals surface area (Å²) in [5.41, 5.74) is 1.37. The summed E-state index contributed by atoms with van der Waals surface area (Å²) < 4.78 is 0. The second kappa shape index (κ2) is 4.96. The van der Waals surface area contributed by atoms with Gasteiger partial charge in [-0.15, -0.1) is 0 Å². The number of hydrogen-bond donors (Lipinski definition) is 3. The molecule has 0 aromatic heterocycles. The van der Waals surface area contributed by atoms with Crippen LogP contribution in [0.15, 0.2) is 18.2 Å². The molecule has 2 rings (SSSR count). The molecule has 1 aliphatic rings. The van der Waals surface area contributed by atoms with Crippen LogP contribution in [0.2, 0.25) is 0 Å². The topological polar surface area (TPSA) is 52.5 Å². The minimum Gasteiger partial charge on any atom is -0.508 e. The van der Waals surface area contributed by atoms with Crippen LogP contribution in [0.1, 0.15) is 38.2 Å². The SMILES string of the molecule is CCCC1(CNCc2ccc(O)cc2O)CC1. The van der Waals surface area contributed by atoms with Crippen LogP contribution in [-0.4, -0.2) is 16.8 Å². The van der Waals surface area contributed by atoms with Crippen molar-refractivity contribution in [2.75, 3.05) is 6.54 Å². The first-order valence-corrected chi connectivity index (χ1v) is 6.37. The van der Waals surface area contributed by atoms with Crippen molar-refractivity contribution in [3.63, 3.8) is 0 Å². The number of aromatic hydroxyl groups is 2. The van der Waals surface area contributed by atoms with Crippen molar-refractivity contribution < 1.29 is 10.2 Å². The van der Waals surface area contributed by atoms with Crippen LogP contribution in [0.25, 0.3) is 0 Å². The highest BCUT2D eigenvalue weighted by Gasteiger charge is 2.40. The Balaban J connectivity index is 1.82. The summed E-state index contributed by atoms with van der Waals surface area (Å²) in [5.74, 6) is 0.272. The van der Waals surface area contributed by atoms with E-state index in [1.807, 2.05) is 0 Å². The Hall–Kier alpha value is -1.22. The molecule has 0 saturated heterocycles. The maximum Gasteiger partial charge on any atom is 0.123 e. The van der Waals surface area contributed by atoms with Crippen molar-refractivity contribution in [1.82, 2.24) is 5.32 Å². The smallest absolute Gasteiger partial charge is 0.123 e. The van der Waals surface area contributed by atoms with Gasteiger partial charge in [-0.3, -0.25) is 0 Å². The third-order valence-electron chi connectivity index (χ3n) is 3.62. The van der Waals surface area contributed by atoms with E-state index >= 15 is 0 Å². The van der Waals surface area contributed by atoms with Crippen LogP contribution in [0.4, 0.5) is 0 Å². The number of phenolic OH excluding ortho intramolecular Hbond substituents is 2. The van der Waals surface area contributed by atoms with Gasteiger partial charge in [0.15, 0.2) is 0 Å². The largest absolute Gasteiger partial charge is 0.508 e. The fraction of sp³-hybridized carbons (Fsp3) is 0.571. The summed E-state index contributed by atoms with van der Waals surface area (Å²) in [5, 5.41) is 22.2. The molecule has 3 N–H and O–H groups in total. The predicted octanol–water partition coefficient (Wildman–Crippen LogP) is 2.77. The minimum atomic E-state index is 0.107. The van der Waals surface area contributed by atoms with Crippen LogP contribution in [0.5, 0.6) is 11.5 Å². The van der Waals surface area contributed by atoms with Crippen molar-refractivity contribution in [2.24, 2.45) is 5.41 Å². The van der Waals surface area contributed by atoms with Gasteiger partial charge >= 0.3 is 0 Å². The van der Waals surface area contributed by atoms with Gasteiger partial charge in [-0.25, -0.2) is 0 Å². The molecule has 1 fully saturated rings. The van der Waals surface area contributed by atoms with Crippen molar-refractivity contribution in [3.8, 4) is 11.5 Å². The zero-order valence-corrected chi connectivity index (χ0v) is 10.4. The first kappa shape index (κ1) is 12.2. The lowest BCUT2D eigenvalue weighted by atomic mass is 10.0. The Bertz CT molecular complexity index is 386. The molecule has 0 atom stereocenters. The summed E-state index contributed by atoms with van der Waals surface area (Å²) in [4.78, 5) is 0. The number of nitrogens with one attached hydrogen (secondary N) is 1. The molecule has 17 heavy (non-hydrogen) atoms. The van der Waals surface area contributed by atoms with Gasteiger partial charge in [0.2, 0.25) is 0 Å². The van der Waals surface area contributed by atoms with Crippen molar-refractivity contribution >= 4 is 0 Å². The molecular weight excluding hydrogens is 214 g/mol. The fourth-order valence-corrected chi connectivity index (χ4v) is 2.39. The molecular formula is C14H21NO2. The first-order chi connectivity index (χ1) is 8.15. The second-order valence-corrected chi connectivity index (χ2v) is 5.17. The van der Waals surface area contributed by atoms with Gasteiger partial charge in [0.05, 0.1) is 0 Å². The van der Waals surface area contributed by atoms with E-state index in [2.05, 4.69) is 12.2 Å². The highest BCUT2D eigenvalue weighted by molar-refractivity contribution is 5.38. The standard InChI is InChI=1S/C14H21NO2/c1-2-5-14(6-7-14)10-15-9-11-3-4-12(16)8-13(11)17/h3-4,8,15-17H,2,5-7,9-10H2,1H3. The van der Waals surface area contributed by atoms with Crippen LogP contribution < -0.4 is 5.32 Å². The Morgan fingerprint density at radius 1 is 1.29 bits per heavy atom. The zero-order valence-electron chi connectivity index (χ0n) is 10.4. The van der Waals surface area contributed by atoms with Gasteiger partial charge in [-0.1, -0.05) is 19.4 Å². The lowest BCUT2D eigenvalue weighted by Crippen LogP contribution is -2.23. The molecule has 1 aliphatic carbocycles. The maximum absolute atomic E-state index is 9.64. The van der Waals surface area contributed by atoms with Crippen LogP contribution in [0.3, 0.4) is 0 Å². The Morgan fingerprint density at radius 2 is 2.06 bits per heavy atom. The molecule has 0 heterocycles. The molecule has 1 aromatic carbocycles. The monoisotopic (exact) mass is 235 g/mol. The quantitative estimate of drug-likeness (QED) is 0.710. The summed E-state index contributed by atoms with van der Waals surface area (Å²) in [6, 6.07) is 4.75. The average Bonchev–Trinajstić information content (AvgIpc) is 3.02. The van der Waals surface area contributed by atoms with Gasteiger partial charge in [0.25, 0.3) is 0 Å². The van der Waals surface area contributed by atoms with Gasteiger partial charge in [0.1, 0.15) is 11.5 Å². The minimum absolute atomic E-state index is 0.107. The van der Waals surface area contributed by atoms with Crippen molar-refractivity contribution in [2.45, 2.75) is 39.2 Å². The molecule has 0 aliphatic heterocycles. The van der Waals surface area contributed by atoms with Gasteiger partial charge in [-0.05, 0) is 30.7 Å². The van der Waals surface area contributed by atoms with Crippen LogP contribution in [0, 0.1) is 5.41 Å². The molecule has 1 aromatic rings. The first-order valence-electron chi connectivity index (χ1n) is 6.37. The molecule has 0 unspecified atom stereocenters. The molecule has 0 spiro atoms. The second-order valence-electron chi connectivity index (χ2n) is 5.17. The fourth-order valence-electron chi connectivity index (χ4n) is 2.39. The summed E-state index contributed by atoms with van der Waals surface area (Å²) in [7, 11) is 0. The number of benzene rings is 1. The van der Waals surface area contributed by atoms with E-state index in [0.29, 0.717) is 12.0 Å². The normalized spacial score (nSPS) is 17.0. The van der Waals surface area contributed by atoms with E-state index < -0.39 is 0 Å². The summed E-state index contributed by atoms with van der Waals surface area (Å²) in [6.45, 7) is 3.92. The molecule has 3 heteroatoms. The van der Waals surface area contributed by atoms with Gasteiger partial charge in [-0.2, -0.15) is 0 Å². The van der Waals surface area contributed by atoms with Crippen LogP contribution in [-0.2, 0) is 6.54 Å². The zero-order chi connectivity index (χ0) is 12.3. The van der Waals surface area contributed by atoms with E-state index in [-0.39, 0.29) is 11.5 Å². The third-order valence-corrected chi connectivity index (χ3v) is 3.62. The summed E-state index contributed by atoms with van der Waals surface area (Å²) >= 11 is 0.